The van der Waals surface area contributed by atoms with Gasteiger partial charge in [0.1, 0.15) is 60.1 Å². The predicted octanol–water partition coefficient (Wildman–Crippen LogP) is -11.2. The number of primary amides is 1. The molecule has 0 aliphatic carbocycles. The fourth-order valence-electron chi connectivity index (χ4n) is 8.48. The van der Waals surface area contributed by atoms with Crippen molar-refractivity contribution in [2.24, 2.45) is 44.4 Å². The summed E-state index contributed by atoms with van der Waals surface area (Å²) >= 11 is 0. The van der Waals surface area contributed by atoms with Gasteiger partial charge in [0.2, 0.25) is 70.9 Å². The Hall–Kier alpha value is -10.3. The number of carboxylic acids is 2. The van der Waals surface area contributed by atoms with Crippen molar-refractivity contribution in [3.05, 3.63) is 29.8 Å². The Morgan fingerprint density at radius 1 is 0.594 bits per heavy atom. The van der Waals surface area contributed by atoms with E-state index in [1.807, 2.05) is 0 Å². The first-order chi connectivity index (χ1) is 44.9. The molecule has 2 rings (SSSR count). The number of phenols is 1. The van der Waals surface area contributed by atoms with Crippen molar-refractivity contribution in [3.63, 3.8) is 0 Å². The number of nitrogens with two attached hydrogens (primary N) is 6. The number of hydrogen-bond acceptors (Lipinski definition) is 22. The molecule has 1 aliphatic heterocycles. The number of carboxylic acid groups (broad SMARTS) is 2. The first kappa shape index (κ1) is 83.7. The summed E-state index contributed by atoms with van der Waals surface area (Å²) < 4.78 is 31.7. The van der Waals surface area contributed by atoms with Crippen LogP contribution < -0.4 is 87.6 Å². The SMILES string of the molecule is C[C@H](NC(=O)[C@H](CCCN=C(N)N)NC(=O)[C@H](CCCN=C(N)N)NC(=O)[C@H](CO)NC(=O)[C@H](CO)NC(=O)[C@H](CO)NC(=O)CNC(=O)[C@H](Cc1ccc(O)cc1)NC(=O)CN)C(=O)N1CCC[C@H]1C(=O)N[C@@H](CCC(N)=O)C(=O)N[C@H](C(=O)O)[C@@H](C)O.O=C(O)C(F)(F)F. The van der Waals surface area contributed by atoms with Crippen molar-refractivity contribution in [1.82, 2.24) is 58.1 Å². The molecule has 40 nitrogen and oxygen atoms in total. The number of alkyl halides is 3. The van der Waals surface area contributed by atoms with Crippen molar-refractivity contribution in [3.8, 4) is 5.75 Å². The van der Waals surface area contributed by atoms with Crippen LogP contribution in [0.1, 0.15) is 70.8 Å². The molecule has 1 fully saturated rings. The molecular formula is C53H84F3N19O21. The third kappa shape index (κ3) is 31.1. The van der Waals surface area contributed by atoms with E-state index in [2.05, 4.69) is 63.2 Å². The maximum Gasteiger partial charge on any atom is 0.490 e. The highest BCUT2D eigenvalue weighted by molar-refractivity contribution is 5.99. The highest BCUT2D eigenvalue weighted by atomic mass is 19.4. The molecule has 11 atom stereocenters. The molecule has 1 saturated heterocycles. The third-order valence-corrected chi connectivity index (χ3v) is 13.4. The fourth-order valence-corrected chi connectivity index (χ4v) is 8.48. The predicted molar refractivity (Wildman–Crippen MR) is 324 cm³/mol. The molecule has 12 amide bonds. The van der Waals surface area contributed by atoms with Crippen LogP contribution in [-0.4, -0.2) is 261 Å². The van der Waals surface area contributed by atoms with E-state index in [1.54, 1.807) is 0 Å². The number of aliphatic imine (C=N–C) groups is 2. The topological polar surface area (TPSA) is 685 Å². The van der Waals surface area contributed by atoms with Gasteiger partial charge in [-0.05, 0) is 76.5 Å². The fraction of sp³-hybridized carbons (Fsp3) is 0.585. The van der Waals surface area contributed by atoms with Gasteiger partial charge in [-0.15, -0.1) is 0 Å². The molecule has 0 unspecified atom stereocenters. The Kier molecular flexibility index (Phi) is 36.8. The quantitative estimate of drug-likeness (QED) is 0.0165. The lowest BCUT2D eigenvalue weighted by atomic mass is 10.0. The number of hydrogen-bond donors (Lipinski definition) is 23. The zero-order chi connectivity index (χ0) is 73.2. The normalized spacial score (nSPS) is 15.6. The van der Waals surface area contributed by atoms with Crippen molar-refractivity contribution < 1.29 is 116 Å². The molecule has 0 bridgehead atoms. The maximum atomic E-state index is 14.2. The zero-order valence-electron chi connectivity index (χ0n) is 52.0. The molecule has 0 saturated carbocycles. The molecule has 96 heavy (non-hydrogen) atoms. The third-order valence-electron chi connectivity index (χ3n) is 13.4. The second-order valence-corrected chi connectivity index (χ2v) is 21.1. The number of likely N-dealkylation sites (tertiary alicyclic amines) is 1. The molecule has 43 heteroatoms. The van der Waals surface area contributed by atoms with Gasteiger partial charge in [0.15, 0.2) is 18.0 Å². The van der Waals surface area contributed by atoms with Crippen molar-refractivity contribution >= 4 is 94.7 Å². The van der Waals surface area contributed by atoms with Crippen LogP contribution in [0.3, 0.4) is 0 Å². The van der Waals surface area contributed by atoms with Crippen molar-refractivity contribution in [2.45, 2.75) is 144 Å². The van der Waals surface area contributed by atoms with Crippen LogP contribution in [-0.2, 0) is 73.5 Å². The number of nitrogens with one attached hydrogen (secondary N) is 10. The Morgan fingerprint density at radius 3 is 1.45 bits per heavy atom. The smallest absolute Gasteiger partial charge is 0.490 e. The number of guanidine groups is 2. The van der Waals surface area contributed by atoms with E-state index < -0.39 is 201 Å². The lowest BCUT2D eigenvalue weighted by Gasteiger charge is -2.30. The number of aliphatic carboxylic acids is 2. The summed E-state index contributed by atoms with van der Waals surface area (Å²) in [6.45, 7) is -2.54. The van der Waals surface area contributed by atoms with E-state index >= 15 is 0 Å². The van der Waals surface area contributed by atoms with Crippen LogP contribution >= 0.6 is 0 Å². The van der Waals surface area contributed by atoms with Gasteiger partial charge >= 0.3 is 18.1 Å². The average molecular weight is 1380 g/mol. The summed E-state index contributed by atoms with van der Waals surface area (Å²) in [5.41, 5.74) is 33.0. The average Bonchev–Trinajstić information content (AvgIpc) is 1.62. The Bertz CT molecular complexity index is 2920. The molecule has 1 aromatic carbocycles. The number of aliphatic hydroxyl groups excluding tert-OH is 4. The van der Waals surface area contributed by atoms with E-state index in [0.29, 0.717) is 5.56 Å². The minimum Gasteiger partial charge on any atom is -0.508 e. The summed E-state index contributed by atoms with van der Waals surface area (Å²) in [7, 11) is 0. The molecule has 1 heterocycles. The second-order valence-electron chi connectivity index (χ2n) is 21.1. The number of carbonyl (C=O) groups excluding carboxylic acids is 12. The number of phenolic OH excluding ortho intramolecular Hbond substituents is 1. The number of amides is 12. The van der Waals surface area contributed by atoms with Crippen LogP contribution in [0.5, 0.6) is 5.75 Å². The molecule has 538 valence electrons. The van der Waals surface area contributed by atoms with Crippen molar-refractivity contribution in [1.29, 1.82) is 0 Å². The molecule has 1 aromatic rings. The molecular weight excluding hydrogens is 1300 g/mol. The lowest BCUT2D eigenvalue weighted by molar-refractivity contribution is -0.192. The maximum absolute atomic E-state index is 14.2. The van der Waals surface area contributed by atoms with E-state index in [9.17, 15) is 106 Å². The molecule has 0 aromatic heterocycles. The van der Waals surface area contributed by atoms with Crippen molar-refractivity contribution in [2.75, 3.05) is 52.5 Å². The van der Waals surface area contributed by atoms with Crippen LogP contribution in [0, 0.1) is 0 Å². The van der Waals surface area contributed by atoms with Gasteiger partial charge < -0.3 is 128 Å². The first-order valence-corrected chi connectivity index (χ1v) is 29.1. The number of rotatable bonds is 39. The van der Waals surface area contributed by atoms with E-state index in [-0.39, 0.29) is 82.2 Å². The largest absolute Gasteiger partial charge is 0.508 e. The van der Waals surface area contributed by atoms with Crippen LogP contribution in [0.15, 0.2) is 34.3 Å². The van der Waals surface area contributed by atoms with Gasteiger partial charge in [0.25, 0.3) is 0 Å². The van der Waals surface area contributed by atoms with Gasteiger partial charge in [-0.25, -0.2) is 9.59 Å². The van der Waals surface area contributed by atoms with E-state index in [4.69, 9.17) is 44.3 Å². The standard InChI is InChI=1S/C51H83N19O19.C2HF3O2/c1-24(48(87)70-17-5-8-35(70)47(86)66-30(13-14-36(53)76)43(82)69-39(25(2)74)49(88)89)61-41(80)28(6-3-15-58-50(54)55)64-42(81)29(7-4-16-59-51(56)57)65-45(84)33(22-72)68-46(85)34(23-73)67-44(83)32(21-71)63-38(78)20-60-40(79)31(62-37(77)19-52)18-26-9-11-27(75)12-10-26;3-2(4,5)1(6)7/h9-12,24-25,28-35,39,71-75H,3-8,13-23,52H2,1-2H3,(H2,53,76)(H,60,79)(H,61,80)(H,62,77)(H,63,78)(H,64,81)(H,65,84)(H,66,86)(H,67,83)(H,68,85)(H,69,82)(H,88,89)(H4,54,55,58)(H4,56,57,59);(H,6,7)/t24-,25+,28-,29-,30-,31-,32-,33-,34-,35-,39-;/m0./s1. The first-order valence-electron chi connectivity index (χ1n) is 29.1. The summed E-state index contributed by atoms with van der Waals surface area (Å²) in [5, 5.41) is 89.2. The molecule has 1 aliphatic rings. The Labute approximate surface area is 544 Å². The second kappa shape index (κ2) is 42.1. The number of carbonyl (C=O) groups is 14. The summed E-state index contributed by atoms with van der Waals surface area (Å²) in [6, 6.07) is -10.4. The highest BCUT2D eigenvalue weighted by Gasteiger charge is 2.41. The van der Waals surface area contributed by atoms with Crippen LogP contribution in [0.2, 0.25) is 0 Å². The zero-order valence-corrected chi connectivity index (χ0v) is 52.0. The van der Waals surface area contributed by atoms with Crippen LogP contribution in [0.4, 0.5) is 13.2 Å². The minimum absolute atomic E-state index is 0.0206. The monoisotopic (exact) mass is 1380 g/mol. The van der Waals surface area contributed by atoms with E-state index in [0.717, 1.165) is 11.8 Å². The van der Waals surface area contributed by atoms with E-state index in [1.165, 1.54) is 31.2 Å². The van der Waals surface area contributed by atoms with Gasteiger partial charge in [0, 0.05) is 32.5 Å². The molecule has 29 N–H and O–H groups in total. The van der Waals surface area contributed by atoms with Gasteiger partial charge in [0.05, 0.1) is 39.0 Å². The molecule has 0 radical (unpaired) electrons. The van der Waals surface area contributed by atoms with Gasteiger partial charge in [-0.2, -0.15) is 13.2 Å². The summed E-state index contributed by atoms with van der Waals surface area (Å²) in [6.07, 6.45) is -7.75. The molecule has 0 spiro atoms. The van der Waals surface area contributed by atoms with Gasteiger partial charge in [-0.1, -0.05) is 12.1 Å². The number of nitrogens with zero attached hydrogens (tertiary/aromatic N) is 3. The number of benzene rings is 1. The summed E-state index contributed by atoms with van der Waals surface area (Å²) in [5.74, 6) is -17.2. The minimum atomic E-state index is -5.08. The van der Waals surface area contributed by atoms with Gasteiger partial charge in [-0.3, -0.25) is 67.5 Å². The Morgan fingerprint density at radius 2 is 1.02 bits per heavy atom. The number of aliphatic hydroxyl groups is 4. The lowest BCUT2D eigenvalue weighted by Crippen LogP contribution is -2.61. The number of aromatic hydroxyl groups is 1. The van der Waals surface area contributed by atoms with Crippen LogP contribution in [0.25, 0.3) is 0 Å². The highest BCUT2D eigenvalue weighted by Crippen LogP contribution is 2.20. The Balaban J connectivity index is 0.00000620. The summed E-state index contributed by atoms with van der Waals surface area (Å²) in [4.78, 5) is 188. The number of halogens is 3.